The number of amides is 1. The van der Waals surface area contributed by atoms with E-state index in [9.17, 15) is 19.8 Å². The molecule has 0 unspecified atom stereocenters. The van der Waals surface area contributed by atoms with Crippen LogP contribution < -0.4 is 21.5 Å². The zero-order valence-electron chi connectivity index (χ0n) is 41.0. The Kier molecular flexibility index (Phi) is 17.7. The summed E-state index contributed by atoms with van der Waals surface area (Å²) in [5.41, 5.74) is 16.8. The fraction of sp³-hybridized carbons (Fsp3) is 0.636. The molecule has 3 aliphatic carbocycles. The number of carbonyl (C=O) groups excluding carboxylic acids is 2. The SMILES string of the molecule is CC(=O)O[C@@H]1CCc2cc(c(O)c(OC3CCCC3)c2)CN2C[C@@](Cc3ccnc(N)c3)(CCN=C(N)N[C@]3(CCCC34CCCC4)SSC[C@@H](CCc3ccccc3)CCCC[C@H](O)C1)CC2=O. The smallest absolute Gasteiger partial charge is 0.302 e. The van der Waals surface area contributed by atoms with Gasteiger partial charge < -0.3 is 41.4 Å². The molecule has 1 aromatic heterocycles. The average molecular weight is 983 g/mol. The van der Waals surface area contributed by atoms with Gasteiger partial charge in [-0.3, -0.25) is 14.6 Å². The van der Waals surface area contributed by atoms with Crippen LogP contribution in [-0.2, 0) is 40.1 Å². The van der Waals surface area contributed by atoms with E-state index in [4.69, 9.17) is 25.9 Å². The lowest BCUT2D eigenvalue weighted by atomic mass is 9.78. The maximum Gasteiger partial charge on any atom is 0.302 e. The number of esters is 1. The number of aromatic hydroxyl groups is 1. The Morgan fingerprint density at radius 3 is 2.45 bits per heavy atom. The summed E-state index contributed by atoms with van der Waals surface area (Å²) < 4.78 is 12.4. The van der Waals surface area contributed by atoms with E-state index in [-0.39, 0.29) is 40.6 Å². The number of aryl methyl sites for hydroxylation is 2. The number of aliphatic imine (C=N–C) groups is 1. The van der Waals surface area contributed by atoms with Gasteiger partial charge in [-0.1, -0.05) is 83.7 Å². The van der Waals surface area contributed by atoms with Gasteiger partial charge in [0.2, 0.25) is 5.91 Å². The van der Waals surface area contributed by atoms with Gasteiger partial charge in [-0.15, -0.1) is 0 Å². The molecule has 7 N–H and O–H groups in total. The van der Waals surface area contributed by atoms with Crippen LogP contribution in [0.4, 0.5) is 5.82 Å². The van der Waals surface area contributed by atoms with E-state index >= 15 is 0 Å². The summed E-state index contributed by atoms with van der Waals surface area (Å²) in [6.07, 6.45) is 21.7. The number of nitrogens with zero attached hydrogens (tertiary/aromatic N) is 3. The minimum Gasteiger partial charge on any atom is -0.504 e. The molecule has 3 saturated carbocycles. The van der Waals surface area contributed by atoms with Gasteiger partial charge in [0.15, 0.2) is 17.5 Å². The van der Waals surface area contributed by atoms with Gasteiger partial charge in [-0.25, -0.2) is 4.98 Å². The topological polar surface area (TPSA) is 186 Å². The maximum absolute atomic E-state index is 14.3. The maximum atomic E-state index is 14.3. The van der Waals surface area contributed by atoms with E-state index < -0.39 is 17.6 Å². The number of phenols is 1. The number of phenolic OH excluding ortho intramolecular Hbond substituents is 1. The average Bonchev–Trinajstić information content (AvgIpc) is 4.14. The Morgan fingerprint density at radius 2 is 1.67 bits per heavy atom. The molecule has 3 heterocycles. The molecule has 5 atom stereocenters. The van der Waals surface area contributed by atoms with Crippen molar-refractivity contribution >= 4 is 45.2 Å². The molecule has 3 aromatic rings. The van der Waals surface area contributed by atoms with E-state index in [0.717, 1.165) is 87.5 Å². The second-order valence-electron chi connectivity index (χ2n) is 21.3. The molecule has 2 aromatic carbocycles. The van der Waals surface area contributed by atoms with Crippen LogP contribution in [0.2, 0.25) is 0 Å². The number of aliphatic hydroxyl groups is 1. The van der Waals surface area contributed by atoms with Gasteiger partial charge in [0.25, 0.3) is 0 Å². The number of nitrogen functional groups attached to an aromatic ring is 1. The van der Waals surface area contributed by atoms with Crippen molar-refractivity contribution in [3.63, 3.8) is 0 Å². The first kappa shape index (κ1) is 51.2. The number of guanidine groups is 1. The van der Waals surface area contributed by atoms with E-state index in [1.807, 2.05) is 50.8 Å². The Morgan fingerprint density at radius 1 is 0.899 bits per heavy atom. The standard InChI is InChI=1S/C55H78N6O6S2/c1-39(62)66-47-21-20-42-30-44(51(65)48(31-42)67-46-16-7-8-17-46)36-61-38-53(35-50(61)64,34-43-22-28-58-49(56)32-43)27-29-59-52(57)60-55(26-11-25-54(55)23-9-10-24-54)69-68-37-41(14-5-6-15-45(63)33-47)19-18-40-12-3-2-4-13-40/h2-4,12-13,22,28,30-32,41,45-47,63,65H,5-11,14-21,23-27,29,33-38H2,1H3,(H2,56,58)(H3,57,59,60)/t41-,45+,47-,53-,55-/m1/s1. The second-order valence-corrected chi connectivity index (χ2v) is 24.0. The van der Waals surface area contributed by atoms with Crippen LogP contribution in [0.25, 0.3) is 0 Å². The number of hydrogen-bond acceptors (Lipinski definition) is 13. The number of nitrogens with two attached hydrogens (primary N) is 2. The molecular formula is C55H78N6O6S2. The van der Waals surface area contributed by atoms with Gasteiger partial charge >= 0.3 is 5.97 Å². The van der Waals surface area contributed by atoms with Crippen molar-refractivity contribution in [1.29, 1.82) is 0 Å². The summed E-state index contributed by atoms with van der Waals surface area (Å²) in [7, 11) is 4.01. The Labute approximate surface area is 418 Å². The largest absolute Gasteiger partial charge is 0.504 e. The fourth-order valence-electron chi connectivity index (χ4n) is 12.4. The van der Waals surface area contributed by atoms with Gasteiger partial charge in [0.1, 0.15) is 16.8 Å². The third kappa shape index (κ3) is 13.6. The molecule has 8 rings (SSSR count). The highest BCUT2D eigenvalue weighted by Crippen LogP contribution is 2.63. The predicted molar refractivity (Wildman–Crippen MR) is 279 cm³/mol. The quantitative estimate of drug-likeness (QED) is 0.106. The van der Waals surface area contributed by atoms with Crippen molar-refractivity contribution in [3.05, 3.63) is 83.0 Å². The highest BCUT2D eigenvalue weighted by molar-refractivity contribution is 8.77. The first-order valence-electron chi connectivity index (χ1n) is 26.2. The molecular weight excluding hydrogens is 905 g/mol. The van der Waals surface area contributed by atoms with Crippen LogP contribution in [0.3, 0.4) is 0 Å². The van der Waals surface area contributed by atoms with Crippen LogP contribution in [0, 0.1) is 16.7 Å². The molecule has 69 heavy (non-hydrogen) atoms. The molecule has 4 fully saturated rings. The van der Waals surface area contributed by atoms with Crippen molar-refractivity contribution in [2.24, 2.45) is 27.5 Å². The summed E-state index contributed by atoms with van der Waals surface area (Å²) >= 11 is 0. The van der Waals surface area contributed by atoms with Crippen molar-refractivity contribution in [2.45, 2.75) is 184 Å². The normalized spacial score (nSPS) is 27.9. The number of aromatic nitrogens is 1. The van der Waals surface area contributed by atoms with Crippen molar-refractivity contribution in [1.82, 2.24) is 15.2 Å². The summed E-state index contributed by atoms with van der Waals surface area (Å²) in [6, 6.07) is 18.5. The number of pyridine rings is 1. The highest BCUT2D eigenvalue weighted by atomic mass is 33.1. The van der Waals surface area contributed by atoms with Gasteiger partial charge in [0.05, 0.1) is 12.2 Å². The molecule has 14 heteroatoms. The lowest BCUT2D eigenvalue weighted by molar-refractivity contribution is -0.148. The molecule has 0 radical (unpaired) electrons. The Bertz CT molecular complexity index is 2200. The summed E-state index contributed by atoms with van der Waals surface area (Å²) in [5, 5.41) is 27.2. The number of carbonyl (C=O) groups is 2. The molecule has 1 saturated heterocycles. The monoisotopic (exact) mass is 983 g/mol. The lowest BCUT2D eigenvalue weighted by Crippen LogP contribution is -2.55. The first-order chi connectivity index (χ1) is 33.4. The molecule has 2 aliphatic heterocycles. The number of hydrogen-bond donors (Lipinski definition) is 5. The van der Waals surface area contributed by atoms with Crippen LogP contribution >= 0.6 is 21.6 Å². The van der Waals surface area contributed by atoms with Crippen molar-refractivity contribution in [2.75, 3.05) is 24.6 Å². The van der Waals surface area contributed by atoms with Gasteiger partial charge in [-0.05, 0) is 150 Å². The number of nitrogens with one attached hydrogen (secondary N) is 1. The Balaban J connectivity index is 1.09. The number of benzene rings is 2. The van der Waals surface area contributed by atoms with Crippen molar-refractivity contribution < 1.29 is 29.3 Å². The third-order valence-electron chi connectivity index (χ3n) is 16.1. The minimum atomic E-state index is -0.606. The minimum absolute atomic E-state index is 0.0111. The highest BCUT2D eigenvalue weighted by Gasteiger charge is 2.57. The molecule has 5 aliphatic rings. The number of rotatable bonds is 8. The van der Waals surface area contributed by atoms with Gasteiger partial charge in [-0.2, -0.15) is 0 Å². The van der Waals surface area contributed by atoms with Crippen LogP contribution in [0.5, 0.6) is 11.5 Å². The van der Waals surface area contributed by atoms with E-state index in [1.54, 1.807) is 6.20 Å². The number of ether oxygens (including phenoxy) is 2. The number of fused-ring (bicyclic) bond motifs is 5. The molecule has 376 valence electrons. The molecule has 4 bridgehead atoms. The molecule has 12 nitrogen and oxygen atoms in total. The van der Waals surface area contributed by atoms with Crippen LogP contribution in [0.1, 0.15) is 158 Å². The second kappa shape index (κ2) is 23.8. The lowest BCUT2D eigenvalue weighted by Gasteiger charge is -2.44. The van der Waals surface area contributed by atoms with Crippen molar-refractivity contribution in [3.8, 4) is 11.5 Å². The number of anilines is 1. The first-order valence-corrected chi connectivity index (χ1v) is 28.5. The summed E-state index contributed by atoms with van der Waals surface area (Å²) in [6.45, 7) is 2.57. The van der Waals surface area contributed by atoms with Crippen LogP contribution in [-0.4, -0.2) is 80.0 Å². The van der Waals surface area contributed by atoms with E-state index in [2.05, 4.69) is 40.6 Å². The zero-order valence-corrected chi connectivity index (χ0v) is 42.6. The third-order valence-corrected chi connectivity index (χ3v) is 19.4. The van der Waals surface area contributed by atoms with E-state index in [0.29, 0.717) is 87.0 Å². The van der Waals surface area contributed by atoms with Gasteiger partial charge in [0, 0.05) is 67.7 Å². The zero-order chi connectivity index (χ0) is 48.3. The number of aliphatic hydroxyl groups excluding tert-OH is 1. The Hall–Kier alpha value is -4.14. The molecule has 2 spiro atoms. The fourth-order valence-corrected chi connectivity index (χ4v) is 16.4. The predicted octanol–water partition coefficient (Wildman–Crippen LogP) is 10.2. The van der Waals surface area contributed by atoms with Crippen LogP contribution in [0.15, 0.2) is 65.8 Å². The summed E-state index contributed by atoms with van der Waals surface area (Å²) in [5.74, 6) is 2.59. The molecule has 1 amide bonds. The summed E-state index contributed by atoms with van der Waals surface area (Å²) in [4.78, 5) is 37.7. The van der Waals surface area contributed by atoms with E-state index in [1.165, 1.54) is 44.6 Å².